The van der Waals surface area contributed by atoms with Gasteiger partial charge >= 0.3 is 5.97 Å². The third-order valence-corrected chi connectivity index (χ3v) is 7.18. The molecule has 1 aliphatic heterocycles. The summed E-state index contributed by atoms with van der Waals surface area (Å²) in [6.45, 7) is 0.277. The van der Waals surface area contributed by atoms with Gasteiger partial charge in [0.1, 0.15) is 40.4 Å². The molecule has 1 unspecified atom stereocenters. The average Bonchev–Trinajstić information content (AvgIpc) is 3.43. The minimum absolute atomic E-state index is 0.000518. The first-order valence-corrected chi connectivity index (χ1v) is 12.7. The number of benzene rings is 3. The Bertz CT molecular complexity index is 1540. The number of allylic oxidation sites excluding steroid dienone is 1. The molecule has 184 valence electrons. The molecule has 0 spiro atoms. The van der Waals surface area contributed by atoms with Crippen LogP contribution in [-0.4, -0.2) is 5.97 Å². The second kappa shape index (κ2) is 10.6. The van der Waals surface area contributed by atoms with E-state index in [0.29, 0.717) is 32.2 Å². The summed E-state index contributed by atoms with van der Waals surface area (Å²) in [5.74, 6) is 0.437. The van der Waals surface area contributed by atoms with Crippen molar-refractivity contribution in [3.63, 3.8) is 0 Å². The molecule has 0 saturated carbocycles. The Morgan fingerprint density at radius 3 is 2.54 bits per heavy atom. The van der Waals surface area contributed by atoms with Crippen LogP contribution in [0.3, 0.4) is 0 Å². The largest absolute Gasteiger partial charge is 0.489 e. The van der Waals surface area contributed by atoms with Crippen molar-refractivity contribution in [1.82, 2.24) is 0 Å². The van der Waals surface area contributed by atoms with Crippen LogP contribution in [0.5, 0.6) is 17.2 Å². The van der Waals surface area contributed by atoms with E-state index in [0.717, 1.165) is 16.7 Å². The van der Waals surface area contributed by atoms with Crippen molar-refractivity contribution >= 4 is 40.5 Å². The van der Waals surface area contributed by atoms with Gasteiger partial charge in [-0.2, -0.15) is 5.26 Å². The molecule has 0 amide bonds. The second-order valence-electron chi connectivity index (χ2n) is 8.08. The molecule has 2 heterocycles. The van der Waals surface area contributed by atoms with Crippen LogP contribution in [0.25, 0.3) is 0 Å². The summed E-state index contributed by atoms with van der Waals surface area (Å²) in [7, 11) is 0. The maximum absolute atomic E-state index is 12.3. The topological polar surface area (TPSA) is 94.6 Å². The van der Waals surface area contributed by atoms with Crippen LogP contribution in [0, 0.1) is 11.3 Å². The van der Waals surface area contributed by atoms with Crippen LogP contribution in [0.1, 0.15) is 32.3 Å². The van der Waals surface area contributed by atoms with Crippen molar-refractivity contribution in [2.45, 2.75) is 12.5 Å². The van der Waals surface area contributed by atoms with E-state index in [1.807, 2.05) is 30.3 Å². The smallest absolute Gasteiger partial charge is 0.353 e. The number of carbonyl (C=O) groups excluding carboxylic acids is 1. The molecule has 9 heteroatoms. The molecular formula is C28H18Cl2N2O4S. The molecule has 0 aliphatic carbocycles. The molecule has 5 rings (SSSR count). The highest BCUT2D eigenvalue weighted by molar-refractivity contribution is 7.12. The number of fused-ring (bicyclic) bond motifs is 1. The number of nitrogens with two attached hydrogens (primary N) is 1. The standard InChI is InChI=1S/C28H18Cl2N2O4S/c29-18-6-3-17(23(30)12-18)15-34-19-7-4-16(5-8-19)26-21-10-9-20(35-28(33)25-2-1-11-37-25)13-24(21)36-27(32)22(26)14-31/h1-13,26H,15,32H2. The zero-order chi connectivity index (χ0) is 25.9. The van der Waals surface area contributed by atoms with Crippen LogP contribution >= 0.6 is 34.5 Å². The van der Waals surface area contributed by atoms with Gasteiger partial charge in [-0.25, -0.2) is 4.79 Å². The third-order valence-electron chi connectivity index (χ3n) is 5.75. The molecule has 1 atom stereocenters. The number of esters is 1. The van der Waals surface area contributed by atoms with Crippen molar-refractivity contribution in [1.29, 1.82) is 5.26 Å². The molecule has 1 aromatic heterocycles. The highest BCUT2D eigenvalue weighted by atomic mass is 35.5. The van der Waals surface area contributed by atoms with E-state index in [1.54, 1.807) is 47.8 Å². The highest BCUT2D eigenvalue weighted by Gasteiger charge is 2.31. The maximum atomic E-state index is 12.3. The first kappa shape index (κ1) is 24.7. The number of hydrogen-bond donors (Lipinski definition) is 1. The number of rotatable bonds is 6. The third kappa shape index (κ3) is 5.27. The van der Waals surface area contributed by atoms with E-state index in [2.05, 4.69) is 6.07 Å². The average molecular weight is 549 g/mol. The number of halogens is 2. The summed E-state index contributed by atoms with van der Waals surface area (Å²) < 4.78 is 17.1. The Labute approximate surface area is 227 Å². The Morgan fingerprint density at radius 2 is 1.84 bits per heavy atom. The summed E-state index contributed by atoms with van der Waals surface area (Å²) in [6, 6.07) is 23.3. The normalized spacial score (nSPS) is 14.4. The van der Waals surface area contributed by atoms with Crippen LogP contribution in [-0.2, 0) is 6.61 Å². The van der Waals surface area contributed by atoms with E-state index < -0.39 is 11.9 Å². The lowest BCUT2D eigenvalue weighted by atomic mass is 9.83. The fourth-order valence-corrected chi connectivity index (χ4v) is 5.01. The van der Waals surface area contributed by atoms with Crippen LogP contribution in [0.15, 0.2) is 89.6 Å². The monoisotopic (exact) mass is 548 g/mol. The first-order valence-electron chi connectivity index (χ1n) is 11.1. The van der Waals surface area contributed by atoms with E-state index in [-0.39, 0.29) is 18.1 Å². The summed E-state index contributed by atoms with van der Waals surface area (Å²) >= 11 is 13.5. The lowest BCUT2D eigenvalue weighted by molar-refractivity contribution is 0.0739. The summed E-state index contributed by atoms with van der Waals surface area (Å²) in [5, 5.41) is 12.7. The number of nitriles is 1. The minimum Gasteiger partial charge on any atom is -0.489 e. The van der Waals surface area contributed by atoms with Crippen molar-refractivity contribution in [2.75, 3.05) is 0 Å². The van der Waals surface area contributed by atoms with Gasteiger partial charge in [-0.3, -0.25) is 0 Å². The van der Waals surface area contributed by atoms with Gasteiger partial charge in [0.15, 0.2) is 0 Å². The summed E-state index contributed by atoms with van der Waals surface area (Å²) in [6.07, 6.45) is 0. The molecule has 0 fully saturated rings. The van der Waals surface area contributed by atoms with Gasteiger partial charge in [0.2, 0.25) is 5.88 Å². The molecule has 0 saturated heterocycles. The predicted molar refractivity (Wildman–Crippen MR) is 142 cm³/mol. The summed E-state index contributed by atoms with van der Waals surface area (Å²) in [4.78, 5) is 12.8. The molecule has 6 nitrogen and oxygen atoms in total. The van der Waals surface area contributed by atoms with E-state index in [1.165, 1.54) is 11.3 Å². The quantitative estimate of drug-likeness (QED) is 0.204. The Hall–Kier alpha value is -3.96. The number of nitrogens with zero attached hydrogens (tertiary/aromatic N) is 1. The van der Waals surface area contributed by atoms with Crippen molar-refractivity contribution in [2.24, 2.45) is 5.73 Å². The first-order chi connectivity index (χ1) is 17.9. The highest BCUT2D eigenvalue weighted by Crippen LogP contribution is 2.43. The van der Waals surface area contributed by atoms with Crippen LogP contribution in [0.4, 0.5) is 0 Å². The van der Waals surface area contributed by atoms with Gasteiger partial charge in [-0.1, -0.05) is 53.5 Å². The van der Waals surface area contributed by atoms with Gasteiger partial charge < -0.3 is 19.9 Å². The zero-order valence-corrected chi connectivity index (χ0v) is 21.4. The fourth-order valence-electron chi connectivity index (χ4n) is 3.95. The molecule has 1 aliphatic rings. The number of hydrogen-bond acceptors (Lipinski definition) is 7. The van der Waals surface area contributed by atoms with Gasteiger partial charge in [-0.15, -0.1) is 11.3 Å². The molecule has 4 aromatic rings. The number of carbonyl (C=O) groups is 1. The Morgan fingerprint density at radius 1 is 1.05 bits per heavy atom. The summed E-state index contributed by atoms with van der Waals surface area (Å²) in [5.41, 5.74) is 8.76. The van der Waals surface area contributed by atoms with E-state index in [4.69, 9.17) is 43.1 Å². The lowest BCUT2D eigenvalue weighted by Crippen LogP contribution is -2.21. The second-order valence-corrected chi connectivity index (χ2v) is 9.88. The van der Waals surface area contributed by atoms with Crippen LogP contribution in [0.2, 0.25) is 10.0 Å². The van der Waals surface area contributed by atoms with Crippen LogP contribution < -0.4 is 19.9 Å². The molecule has 37 heavy (non-hydrogen) atoms. The molecule has 0 bridgehead atoms. The zero-order valence-electron chi connectivity index (χ0n) is 19.1. The van der Waals surface area contributed by atoms with Gasteiger partial charge in [0.25, 0.3) is 0 Å². The molecular weight excluding hydrogens is 531 g/mol. The number of ether oxygens (including phenoxy) is 3. The molecule has 2 N–H and O–H groups in total. The maximum Gasteiger partial charge on any atom is 0.353 e. The van der Waals surface area contributed by atoms with Gasteiger partial charge in [-0.05, 0) is 47.3 Å². The Kier molecular flexibility index (Phi) is 7.06. The van der Waals surface area contributed by atoms with Gasteiger partial charge in [0, 0.05) is 27.2 Å². The fraction of sp³-hybridized carbons (Fsp3) is 0.0714. The van der Waals surface area contributed by atoms with Crippen molar-refractivity contribution < 1.29 is 19.0 Å². The number of thiophene rings is 1. The SMILES string of the molecule is N#CC1=C(N)Oc2cc(OC(=O)c3cccs3)ccc2C1c1ccc(OCc2ccc(Cl)cc2Cl)cc1. The lowest BCUT2D eigenvalue weighted by Gasteiger charge is -2.26. The van der Waals surface area contributed by atoms with E-state index in [9.17, 15) is 10.1 Å². The Balaban J connectivity index is 1.38. The predicted octanol–water partition coefficient (Wildman–Crippen LogP) is 7.07. The molecule has 0 radical (unpaired) electrons. The van der Waals surface area contributed by atoms with E-state index >= 15 is 0 Å². The van der Waals surface area contributed by atoms with Gasteiger partial charge in [0.05, 0.1) is 5.92 Å². The van der Waals surface area contributed by atoms with Crippen molar-refractivity contribution in [3.05, 3.63) is 121 Å². The molecule has 3 aromatic carbocycles. The van der Waals surface area contributed by atoms with Crippen molar-refractivity contribution in [3.8, 4) is 23.3 Å². The minimum atomic E-state index is -0.462.